The van der Waals surface area contributed by atoms with Crippen molar-refractivity contribution in [1.82, 2.24) is 0 Å². The molecule has 0 spiro atoms. The van der Waals surface area contributed by atoms with Gasteiger partial charge in [-0.2, -0.15) is 0 Å². The Labute approximate surface area is 264 Å². The normalized spacial score (nSPS) is 52.1. The van der Waals surface area contributed by atoms with Crippen molar-refractivity contribution in [1.29, 1.82) is 0 Å². The molecule has 13 atom stereocenters. The minimum absolute atomic E-state index is 0.0329. The van der Waals surface area contributed by atoms with Crippen LogP contribution < -0.4 is 0 Å². The summed E-state index contributed by atoms with van der Waals surface area (Å²) in [5.74, 6) is 1.68. The van der Waals surface area contributed by atoms with E-state index in [1.165, 1.54) is 0 Å². The van der Waals surface area contributed by atoms with Crippen LogP contribution in [0.25, 0.3) is 0 Å². The number of ether oxygens (including phenoxy) is 1. The van der Waals surface area contributed by atoms with Gasteiger partial charge in [-0.3, -0.25) is 4.79 Å². The largest absolute Gasteiger partial charge is 0.394 e. The smallest absolute Gasteiger partial charge is 0.138 e. The van der Waals surface area contributed by atoms with Crippen LogP contribution in [0, 0.1) is 50.2 Å². The third kappa shape index (κ3) is 4.52. The second-order valence-corrected chi connectivity index (χ2v) is 18.3. The molecule has 0 bridgehead atoms. The van der Waals surface area contributed by atoms with Gasteiger partial charge in [0.2, 0.25) is 0 Å². The summed E-state index contributed by atoms with van der Waals surface area (Å²) in [5.41, 5.74) is 1.63. The van der Waals surface area contributed by atoms with Crippen LogP contribution in [0.4, 0.5) is 0 Å². The third-order valence-corrected chi connectivity index (χ3v) is 15.5. The summed E-state index contributed by atoms with van der Waals surface area (Å²) in [6, 6.07) is 0. The van der Waals surface area contributed by atoms with Crippen molar-refractivity contribution in [3.8, 4) is 0 Å². The number of carbonyl (C=O) groups is 1. The number of hydrogen-bond acceptors (Lipinski definition) is 7. The van der Waals surface area contributed by atoms with Crippen LogP contribution in [0.3, 0.4) is 0 Å². The van der Waals surface area contributed by atoms with E-state index in [0.717, 1.165) is 57.8 Å². The first-order valence-electron chi connectivity index (χ1n) is 17.6. The molecule has 5 N–H and O–H groups in total. The Bertz CT molecular complexity index is 1180. The molecule has 5 fully saturated rings. The Kier molecular flexibility index (Phi) is 7.96. The fourth-order valence-corrected chi connectivity index (χ4v) is 12.5. The van der Waals surface area contributed by atoms with E-state index in [9.17, 15) is 30.3 Å². The Morgan fingerprint density at radius 3 is 2.25 bits per heavy atom. The van der Waals surface area contributed by atoms with Crippen LogP contribution in [-0.2, 0) is 9.53 Å². The summed E-state index contributed by atoms with van der Waals surface area (Å²) in [4.78, 5) is 13.1. The molecule has 1 heterocycles. The molecule has 0 radical (unpaired) electrons. The molecule has 6 unspecified atom stereocenters. The summed E-state index contributed by atoms with van der Waals surface area (Å²) in [6.45, 7) is 16.3. The monoisotopic (exact) mass is 616 g/mol. The molecule has 0 aromatic carbocycles. The maximum atomic E-state index is 13.1. The molecule has 0 aromatic rings. The molecule has 4 saturated carbocycles. The summed E-state index contributed by atoms with van der Waals surface area (Å²) < 4.78 is 5.85. The zero-order valence-corrected chi connectivity index (χ0v) is 28.3. The molecule has 1 aliphatic heterocycles. The van der Waals surface area contributed by atoms with E-state index in [2.05, 4.69) is 54.5 Å². The minimum atomic E-state index is -1.48. The first-order chi connectivity index (χ1) is 20.4. The maximum absolute atomic E-state index is 13.1. The fourth-order valence-electron chi connectivity index (χ4n) is 12.5. The van der Waals surface area contributed by atoms with Crippen molar-refractivity contribution in [2.45, 2.75) is 156 Å². The summed E-state index contributed by atoms with van der Waals surface area (Å²) in [7, 11) is 0. The number of hydrogen-bond donors (Lipinski definition) is 5. The molecule has 0 aromatic heterocycles. The van der Waals surface area contributed by atoms with Gasteiger partial charge in [0, 0.05) is 11.8 Å². The number of fused-ring (bicyclic) bond motifs is 7. The average molecular weight is 617 g/mol. The van der Waals surface area contributed by atoms with E-state index in [0.29, 0.717) is 36.4 Å². The van der Waals surface area contributed by atoms with Crippen LogP contribution in [0.5, 0.6) is 0 Å². The van der Waals surface area contributed by atoms with Crippen molar-refractivity contribution < 1.29 is 35.1 Å². The summed E-state index contributed by atoms with van der Waals surface area (Å²) in [5, 5.41) is 53.1. The van der Waals surface area contributed by atoms with Crippen molar-refractivity contribution in [3.63, 3.8) is 0 Å². The van der Waals surface area contributed by atoms with Gasteiger partial charge >= 0.3 is 0 Å². The molecular weight excluding hydrogens is 556 g/mol. The second-order valence-electron chi connectivity index (χ2n) is 18.3. The fraction of sp³-hybridized carbons (Fsp3) is 0.919. The number of ketones is 1. The highest BCUT2D eigenvalue weighted by molar-refractivity contribution is 5.85. The van der Waals surface area contributed by atoms with E-state index in [-0.39, 0.29) is 32.5 Å². The number of allylic oxidation sites excluding steroid dienone is 2. The summed E-state index contributed by atoms with van der Waals surface area (Å²) in [6.07, 6.45) is 5.71. The van der Waals surface area contributed by atoms with Crippen LogP contribution >= 0.6 is 0 Å². The number of Topliss-reactive ketones (excluding diaryl/α,β-unsaturated/α-hetero) is 1. The van der Waals surface area contributed by atoms with Gasteiger partial charge in [-0.1, -0.05) is 60.1 Å². The van der Waals surface area contributed by atoms with Gasteiger partial charge in [0.05, 0.1) is 12.7 Å². The lowest BCUT2D eigenvalue weighted by atomic mass is 9.33. The first-order valence-corrected chi connectivity index (χ1v) is 17.6. The van der Waals surface area contributed by atoms with Gasteiger partial charge in [0.15, 0.2) is 0 Å². The van der Waals surface area contributed by atoms with Crippen LogP contribution in [-0.4, -0.2) is 74.5 Å². The van der Waals surface area contributed by atoms with Crippen molar-refractivity contribution >= 4 is 5.78 Å². The van der Waals surface area contributed by atoms with Gasteiger partial charge in [0.25, 0.3) is 0 Å². The lowest BCUT2D eigenvalue weighted by Crippen LogP contribution is -2.65. The average Bonchev–Trinajstić information content (AvgIpc) is 2.95. The van der Waals surface area contributed by atoms with Gasteiger partial charge in [-0.25, -0.2) is 0 Å². The molecule has 5 aliphatic carbocycles. The quantitative estimate of drug-likeness (QED) is 0.283. The van der Waals surface area contributed by atoms with Gasteiger partial charge in [-0.05, 0) is 109 Å². The molecule has 7 nitrogen and oxygen atoms in total. The second kappa shape index (κ2) is 10.6. The van der Waals surface area contributed by atoms with Crippen molar-refractivity contribution in [3.05, 3.63) is 11.6 Å². The number of carbonyl (C=O) groups excluding carboxylic acids is 1. The molecule has 6 aliphatic rings. The standard InChI is InChI=1S/C37H60O7/c1-32(2)14-16-37(19-23(39)31-30(43)29(42)28(41)24(20-38)44-31)17-15-35(6)21(22(37)18-32)8-9-26-34(5)12-11-27(40)33(3,4)25(34)10-13-36(26,35)7/h8,22-26,28-31,38-39,41-43H,9-20H2,1-7H3/t22?,23-,24?,25?,26?,28+,29?,30?,31+,34+,35-,36-,37-/m1/s1. The van der Waals surface area contributed by atoms with E-state index in [4.69, 9.17) is 4.74 Å². The molecule has 6 rings (SSSR count). The van der Waals surface area contributed by atoms with Crippen LogP contribution in [0.15, 0.2) is 11.6 Å². The Morgan fingerprint density at radius 1 is 0.886 bits per heavy atom. The number of aliphatic hydroxyl groups excluding tert-OH is 5. The lowest BCUT2D eigenvalue weighted by molar-refractivity contribution is -0.253. The Morgan fingerprint density at radius 2 is 1.57 bits per heavy atom. The number of aliphatic hydroxyl groups is 5. The van der Waals surface area contributed by atoms with Gasteiger partial charge in [-0.15, -0.1) is 0 Å². The van der Waals surface area contributed by atoms with Crippen LogP contribution in [0.1, 0.15) is 119 Å². The maximum Gasteiger partial charge on any atom is 0.138 e. The topological polar surface area (TPSA) is 127 Å². The van der Waals surface area contributed by atoms with Crippen molar-refractivity contribution in [2.75, 3.05) is 6.61 Å². The van der Waals surface area contributed by atoms with Crippen molar-refractivity contribution in [2.24, 2.45) is 50.2 Å². The predicted molar refractivity (Wildman–Crippen MR) is 168 cm³/mol. The highest BCUT2D eigenvalue weighted by atomic mass is 16.6. The zero-order valence-electron chi connectivity index (χ0n) is 28.3. The van der Waals surface area contributed by atoms with Gasteiger partial charge < -0.3 is 30.3 Å². The molecule has 0 amide bonds. The van der Waals surface area contributed by atoms with E-state index in [1.807, 2.05) is 0 Å². The predicted octanol–water partition coefficient (Wildman–Crippen LogP) is 4.95. The first kappa shape index (κ1) is 33.1. The van der Waals surface area contributed by atoms with Crippen LogP contribution in [0.2, 0.25) is 0 Å². The molecule has 7 heteroatoms. The van der Waals surface area contributed by atoms with E-state index in [1.54, 1.807) is 5.57 Å². The Balaban J connectivity index is 1.34. The number of rotatable bonds is 4. The molecule has 1 saturated heterocycles. The third-order valence-electron chi connectivity index (χ3n) is 15.5. The molecule has 44 heavy (non-hydrogen) atoms. The summed E-state index contributed by atoms with van der Waals surface area (Å²) >= 11 is 0. The SMILES string of the molecule is CC1(C)CC[C@]2(C[C@@H](O)[C@@H]3OC(CO)[C@H](O)C(O)C3O)CC[C@]3(C)C(=CCC4[C@@]5(C)CCC(=O)C(C)(C)C5CC[C@]43C)C2C1. The molecule has 250 valence electrons. The highest BCUT2D eigenvalue weighted by Gasteiger charge is 2.68. The van der Waals surface area contributed by atoms with Gasteiger partial charge in [0.1, 0.15) is 36.3 Å². The Hall–Kier alpha value is -0.830. The highest BCUT2D eigenvalue weighted by Crippen LogP contribution is 2.76. The van der Waals surface area contributed by atoms with E-state index >= 15 is 0 Å². The lowest BCUT2D eigenvalue weighted by Gasteiger charge is -2.71. The molecular formula is C37H60O7. The minimum Gasteiger partial charge on any atom is -0.394 e. The zero-order chi connectivity index (χ0) is 32.3. The van der Waals surface area contributed by atoms with E-state index < -0.39 is 43.2 Å².